The zero-order valence-electron chi connectivity index (χ0n) is 19.7. The first-order valence-corrected chi connectivity index (χ1v) is 12.8. The van der Waals surface area contributed by atoms with E-state index in [9.17, 15) is 13.2 Å². The molecule has 0 unspecified atom stereocenters. The van der Waals surface area contributed by atoms with Crippen molar-refractivity contribution in [2.45, 2.75) is 38.6 Å². The van der Waals surface area contributed by atoms with Crippen LogP contribution < -0.4 is 14.4 Å². The highest BCUT2D eigenvalue weighted by atomic mass is 35.5. The van der Waals surface area contributed by atoms with E-state index in [1.54, 1.807) is 30.3 Å². The third kappa shape index (κ3) is 6.10. The minimum atomic E-state index is -4.01. The van der Waals surface area contributed by atoms with Gasteiger partial charge in [0.2, 0.25) is 5.91 Å². The molecule has 0 saturated heterocycles. The van der Waals surface area contributed by atoms with Gasteiger partial charge < -0.3 is 10.1 Å². The summed E-state index contributed by atoms with van der Waals surface area (Å²) >= 11 is 6.28. The van der Waals surface area contributed by atoms with Crippen LogP contribution in [0.2, 0.25) is 5.02 Å². The van der Waals surface area contributed by atoms with Crippen LogP contribution in [0.1, 0.15) is 36.6 Å². The largest absolute Gasteiger partial charge is 0.494 e. The van der Waals surface area contributed by atoms with Crippen molar-refractivity contribution in [3.8, 4) is 5.75 Å². The van der Waals surface area contributed by atoms with Gasteiger partial charge in [-0.05, 0) is 75.2 Å². The number of amides is 1. The molecular formula is C26H29ClN2O4S. The van der Waals surface area contributed by atoms with Gasteiger partial charge in [0.25, 0.3) is 10.0 Å². The Labute approximate surface area is 206 Å². The molecule has 0 aromatic heterocycles. The molecule has 0 fully saturated rings. The van der Waals surface area contributed by atoms with Crippen molar-refractivity contribution in [3.63, 3.8) is 0 Å². The fourth-order valence-corrected chi connectivity index (χ4v) is 5.00. The molecule has 180 valence electrons. The van der Waals surface area contributed by atoms with Gasteiger partial charge in [-0.25, -0.2) is 8.42 Å². The van der Waals surface area contributed by atoms with Crippen LogP contribution in [0.5, 0.6) is 5.75 Å². The summed E-state index contributed by atoms with van der Waals surface area (Å²) in [6.45, 7) is 7.64. The summed E-state index contributed by atoms with van der Waals surface area (Å²) in [5.74, 6) is 0.310. The van der Waals surface area contributed by atoms with E-state index in [0.717, 1.165) is 26.7 Å². The first kappa shape index (κ1) is 25.6. The van der Waals surface area contributed by atoms with Crippen molar-refractivity contribution in [2.75, 3.05) is 17.5 Å². The Hall–Kier alpha value is -3.03. The first-order valence-electron chi connectivity index (χ1n) is 11.0. The fraction of sp³-hybridized carbons (Fsp3) is 0.269. The number of benzene rings is 3. The highest BCUT2D eigenvalue weighted by molar-refractivity contribution is 7.92. The van der Waals surface area contributed by atoms with E-state index in [0.29, 0.717) is 17.3 Å². The Balaban J connectivity index is 1.86. The van der Waals surface area contributed by atoms with Crippen LogP contribution in [-0.4, -0.2) is 27.5 Å². The van der Waals surface area contributed by atoms with E-state index in [4.69, 9.17) is 16.3 Å². The van der Waals surface area contributed by atoms with E-state index >= 15 is 0 Å². The number of sulfonamides is 1. The van der Waals surface area contributed by atoms with Crippen molar-refractivity contribution in [1.29, 1.82) is 0 Å². The molecule has 1 amide bonds. The van der Waals surface area contributed by atoms with E-state index < -0.39 is 22.5 Å². The van der Waals surface area contributed by atoms with Crippen molar-refractivity contribution in [2.24, 2.45) is 0 Å². The third-order valence-electron chi connectivity index (χ3n) is 5.41. The number of halogens is 1. The standard InChI is InChI=1S/C26H29ClN2O4S/c1-5-33-23-12-9-21(10-13-23)20(4)28-26(30)17-29(22-11-8-19(3)25(27)16-22)34(31,32)24-14-6-18(2)7-15-24/h6-16,20H,5,17H2,1-4H3,(H,28,30)/t20-/m1/s1. The molecule has 0 saturated carbocycles. The maximum atomic E-state index is 13.5. The van der Waals surface area contributed by atoms with E-state index in [-0.39, 0.29) is 10.9 Å². The summed E-state index contributed by atoms with van der Waals surface area (Å²) in [7, 11) is -4.01. The smallest absolute Gasteiger partial charge is 0.264 e. The van der Waals surface area contributed by atoms with Gasteiger partial charge in [-0.3, -0.25) is 9.10 Å². The number of carbonyl (C=O) groups excluding carboxylic acids is 1. The molecule has 0 aliphatic carbocycles. The van der Waals surface area contributed by atoms with Crippen LogP contribution in [-0.2, 0) is 14.8 Å². The highest BCUT2D eigenvalue weighted by Crippen LogP contribution is 2.28. The number of hydrogen-bond acceptors (Lipinski definition) is 4. The Morgan fingerprint density at radius 1 is 1.03 bits per heavy atom. The molecule has 3 aromatic carbocycles. The van der Waals surface area contributed by atoms with E-state index in [1.165, 1.54) is 12.1 Å². The lowest BCUT2D eigenvalue weighted by molar-refractivity contribution is -0.120. The van der Waals surface area contributed by atoms with Crippen LogP contribution in [0.25, 0.3) is 0 Å². The van der Waals surface area contributed by atoms with E-state index in [1.807, 2.05) is 52.0 Å². The Morgan fingerprint density at radius 2 is 1.68 bits per heavy atom. The number of hydrogen-bond donors (Lipinski definition) is 1. The second-order valence-electron chi connectivity index (χ2n) is 8.05. The molecule has 3 aromatic rings. The van der Waals surface area contributed by atoms with Crippen LogP contribution in [0, 0.1) is 13.8 Å². The summed E-state index contributed by atoms with van der Waals surface area (Å²) in [5, 5.41) is 3.31. The molecule has 0 aliphatic rings. The highest BCUT2D eigenvalue weighted by Gasteiger charge is 2.28. The zero-order valence-corrected chi connectivity index (χ0v) is 21.3. The molecule has 6 nitrogen and oxygen atoms in total. The Kier molecular flexibility index (Phi) is 8.23. The minimum Gasteiger partial charge on any atom is -0.494 e. The molecule has 1 atom stereocenters. The Bertz CT molecular complexity index is 1240. The predicted molar refractivity (Wildman–Crippen MR) is 136 cm³/mol. The quantitative estimate of drug-likeness (QED) is 0.425. The summed E-state index contributed by atoms with van der Waals surface area (Å²) in [5.41, 5.74) is 2.95. The molecule has 3 rings (SSSR count). The number of rotatable bonds is 9. The van der Waals surface area contributed by atoms with Gasteiger partial charge in [-0.15, -0.1) is 0 Å². The number of nitrogens with zero attached hydrogens (tertiary/aromatic N) is 1. The predicted octanol–water partition coefficient (Wildman–Crippen LogP) is 5.43. The number of nitrogens with one attached hydrogen (secondary N) is 1. The maximum absolute atomic E-state index is 13.5. The normalized spacial score (nSPS) is 12.1. The average Bonchev–Trinajstić information content (AvgIpc) is 2.80. The van der Waals surface area contributed by atoms with Gasteiger partial charge in [0.15, 0.2) is 0 Å². The van der Waals surface area contributed by atoms with Crippen molar-refractivity contribution >= 4 is 33.2 Å². The molecule has 34 heavy (non-hydrogen) atoms. The van der Waals surface area contributed by atoms with Gasteiger partial charge in [0, 0.05) is 5.02 Å². The minimum absolute atomic E-state index is 0.0992. The second-order valence-corrected chi connectivity index (χ2v) is 10.3. The Morgan fingerprint density at radius 3 is 2.26 bits per heavy atom. The van der Waals surface area contributed by atoms with Gasteiger partial charge in [0.05, 0.1) is 23.2 Å². The van der Waals surface area contributed by atoms with Crippen molar-refractivity contribution in [1.82, 2.24) is 5.32 Å². The fourth-order valence-electron chi connectivity index (χ4n) is 3.41. The summed E-state index contributed by atoms with van der Waals surface area (Å²) in [4.78, 5) is 13.1. The summed E-state index contributed by atoms with van der Waals surface area (Å²) in [6, 6.07) is 18.6. The number of ether oxygens (including phenoxy) is 1. The number of carbonyl (C=O) groups is 1. The lowest BCUT2D eigenvalue weighted by Gasteiger charge is -2.25. The average molecular weight is 501 g/mol. The lowest BCUT2D eigenvalue weighted by Crippen LogP contribution is -2.41. The molecule has 1 N–H and O–H groups in total. The monoisotopic (exact) mass is 500 g/mol. The number of anilines is 1. The molecule has 0 spiro atoms. The van der Waals surface area contributed by atoms with Crippen molar-refractivity contribution < 1.29 is 17.9 Å². The van der Waals surface area contributed by atoms with Crippen LogP contribution in [0.15, 0.2) is 71.6 Å². The van der Waals surface area contributed by atoms with Crippen LogP contribution in [0.4, 0.5) is 5.69 Å². The van der Waals surface area contributed by atoms with Crippen LogP contribution >= 0.6 is 11.6 Å². The van der Waals surface area contributed by atoms with E-state index in [2.05, 4.69) is 5.32 Å². The van der Waals surface area contributed by atoms with Gasteiger partial charge in [-0.1, -0.05) is 47.5 Å². The molecule has 8 heteroatoms. The SMILES string of the molecule is CCOc1ccc([C@@H](C)NC(=O)CN(c2ccc(C)c(Cl)c2)S(=O)(=O)c2ccc(C)cc2)cc1. The second kappa shape index (κ2) is 10.9. The van der Waals surface area contributed by atoms with Gasteiger partial charge >= 0.3 is 0 Å². The third-order valence-corrected chi connectivity index (χ3v) is 7.60. The molecule has 0 radical (unpaired) electrons. The first-order chi connectivity index (χ1) is 16.1. The molecular weight excluding hydrogens is 472 g/mol. The summed E-state index contributed by atoms with van der Waals surface area (Å²) < 4.78 is 33.6. The lowest BCUT2D eigenvalue weighted by atomic mass is 10.1. The summed E-state index contributed by atoms with van der Waals surface area (Å²) in [6.07, 6.45) is 0. The van der Waals surface area contributed by atoms with Crippen LogP contribution in [0.3, 0.4) is 0 Å². The van der Waals surface area contributed by atoms with Gasteiger partial charge in [0.1, 0.15) is 12.3 Å². The topological polar surface area (TPSA) is 75.7 Å². The molecule has 0 heterocycles. The molecule has 0 bridgehead atoms. The zero-order chi connectivity index (χ0) is 24.9. The van der Waals surface area contributed by atoms with Gasteiger partial charge in [-0.2, -0.15) is 0 Å². The van der Waals surface area contributed by atoms with Crippen molar-refractivity contribution in [3.05, 3.63) is 88.4 Å². The maximum Gasteiger partial charge on any atom is 0.264 e. The molecule has 0 aliphatic heterocycles. The number of aryl methyl sites for hydroxylation is 2.